The van der Waals surface area contributed by atoms with E-state index in [1.807, 2.05) is 4.90 Å². The van der Waals surface area contributed by atoms with E-state index in [-0.39, 0.29) is 30.3 Å². The zero-order chi connectivity index (χ0) is 19.5. The standard InChI is InChI=1S/C19H21FN4O3S/c20-12-3-5-13(6-4-12)21-17(25)11-24-8-7-14-16(10-24)28-19(22-14)23-18(26)15-2-1-9-27-15/h3-6,15H,1-2,7-11H2,(H,21,25)(H,22,23,26). The minimum absolute atomic E-state index is 0.140. The molecule has 3 heterocycles. The Kier molecular flexibility index (Phi) is 5.65. The van der Waals surface area contributed by atoms with Crippen molar-refractivity contribution in [2.75, 3.05) is 30.3 Å². The number of ether oxygens (including phenoxy) is 1. The van der Waals surface area contributed by atoms with E-state index in [9.17, 15) is 14.0 Å². The second-order valence-corrected chi connectivity index (χ2v) is 7.98. The molecule has 0 bridgehead atoms. The number of nitrogens with one attached hydrogen (secondary N) is 2. The third-order valence-electron chi connectivity index (χ3n) is 4.76. The molecular formula is C19H21FN4O3S. The highest BCUT2D eigenvalue weighted by molar-refractivity contribution is 7.15. The van der Waals surface area contributed by atoms with Gasteiger partial charge in [-0.2, -0.15) is 0 Å². The first-order valence-electron chi connectivity index (χ1n) is 9.25. The van der Waals surface area contributed by atoms with Gasteiger partial charge in [0, 0.05) is 36.7 Å². The van der Waals surface area contributed by atoms with Crippen molar-refractivity contribution >= 4 is 34.0 Å². The van der Waals surface area contributed by atoms with Crippen LogP contribution in [-0.4, -0.2) is 47.5 Å². The summed E-state index contributed by atoms with van der Waals surface area (Å²) in [6.07, 6.45) is 1.99. The monoisotopic (exact) mass is 404 g/mol. The van der Waals surface area contributed by atoms with Crippen LogP contribution < -0.4 is 10.6 Å². The smallest absolute Gasteiger partial charge is 0.255 e. The van der Waals surface area contributed by atoms with Crippen molar-refractivity contribution in [1.82, 2.24) is 9.88 Å². The Balaban J connectivity index is 1.31. The topological polar surface area (TPSA) is 83.6 Å². The molecule has 2 N–H and O–H groups in total. The van der Waals surface area contributed by atoms with Crippen molar-refractivity contribution in [2.24, 2.45) is 0 Å². The molecule has 2 aliphatic rings. The molecule has 9 heteroatoms. The number of rotatable bonds is 5. The fourth-order valence-electron chi connectivity index (χ4n) is 3.34. The number of carbonyl (C=O) groups is 2. The lowest BCUT2D eigenvalue weighted by Crippen LogP contribution is -2.36. The van der Waals surface area contributed by atoms with Gasteiger partial charge in [-0.05, 0) is 37.1 Å². The number of halogens is 1. The molecule has 1 aromatic carbocycles. The second kappa shape index (κ2) is 8.34. The van der Waals surface area contributed by atoms with E-state index in [1.54, 1.807) is 0 Å². The highest BCUT2D eigenvalue weighted by Crippen LogP contribution is 2.29. The zero-order valence-electron chi connectivity index (χ0n) is 15.2. The summed E-state index contributed by atoms with van der Waals surface area (Å²) in [4.78, 5) is 32.0. The van der Waals surface area contributed by atoms with Crippen LogP contribution in [0.5, 0.6) is 0 Å². The minimum Gasteiger partial charge on any atom is -0.368 e. The minimum atomic E-state index is -0.382. The van der Waals surface area contributed by atoms with Gasteiger partial charge in [0.25, 0.3) is 5.91 Å². The lowest BCUT2D eigenvalue weighted by atomic mass is 10.2. The number of carbonyl (C=O) groups excluding carboxylic acids is 2. The average Bonchev–Trinajstić information content (AvgIpc) is 3.32. The summed E-state index contributed by atoms with van der Waals surface area (Å²) >= 11 is 1.45. The molecular weight excluding hydrogens is 383 g/mol. The van der Waals surface area contributed by atoms with E-state index in [4.69, 9.17) is 4.74 Å². The number of aromatic nitrogens is 1. The summed E-state index contributed by atoms with van der Waals surface area (Å²) < 4.78 is 18.3. The molecule has 4 rings (SSSR count). The van der Waals surface area contributed by atoms with Crippen LogP contribution in [0.25, 0.3) is 0 Å². The first-order chi connectivity index (χ1) is 13.6. The molecule has 0 spiro atoms. The maximum atomic E-state index is 12.9. The fourth-order valence-corrected chi connectivity index (χ4v) is 4.40. The third-order valence-corrected chi connectivity index (χ3v) is 5.76. The maximum absolute atomic E-state index is 12.9. The molecule has 0 saturated carbocycles. The van der Waals surface area contributed by atoms with Crippen molar-refractivity contribution in [3.63, 3.8) is 0 Å². The molecule has 1 saturated heterocycles. The Morgan fingerprint density at radius 1 is 1.29 bits per heavy atom. The van der Waals surface area contributed by atoms with E-state index >= 15 is 0 Å². The molecule has 2 amide bonds. The van der Waals surface area contributed by atoms with E-state index in [1.165, 1.54) is 35.6 Å². The lowest BCUT2D eigenvalue weighted by molar-refractivity contribution is -0.124. The average molecular weight is 404 g/mol. The summed E-state index contributed by atoms with van der Waals surface area (Å²) in [7, 11) is 0. The number of benzene rings is 1. The van der Waals surface area contributed by atoms with E-state index < -0.39 is 0 Å². The second-order valence-electron chi connectivity index (χ2n) is 6.90. The highest BCUT2D eigenvalue weighted by Gasteiger charge is 2.26. The van der Waals surface area contributed by atoms with Gasteiger partial charge in [-0.15, -0.1) is 11.3 Å². The Labute approximate surface area is 165 Å². The molecule has 28 heavy (non-hydrogen) atoms. The van der Waals surface area contributed by atoms with E-state index in [2.05, 4.69) is 15.6 Å². The van der Waals surface area contributed by atoms with Crippen LogP contribution in [0.15, 0.2) is 24.3 Å². The van der Waals surface area contributed by atoms with E-state index in [0.29, 0.717) is 30.5 Å². The van der Waals surface area contributed by atoms with Crippen LogP contribution in [0, 0.1) is 5.82 Å². The van der Waals surface area contributed by atoms with Crippen molar-refractivity contribution < 1.29 is 18.7 Å². The molecule has 1 unspecified atom stereocenters. The van der Waals surface area contributed by atoms with Gasteiger partial charge < -0.3 is 10.1 Å². The Morgan fingerprint density at radius 3 is 2.86 bits per heavy atom. The van der Waals surface area contributed by atoms with Crippen molar-refractivity contribution in [1.29, 1.82) is 0 Å². The van der Waals surface area contributed by atoms with E-state index in [0.717, 1.165) is 29.8 Å². The molecule has 2 aromatic rings. The number of anilines is 2. The number of hydrogen-bond acceptors (Lipinski definition) is 6. The SMILES string of the molecule is O=C(CN1CCc2nc(NC(=O)C3CCCO3)sc2C1)Nc1ccc(F)cc1. The van der Waals surface area contributed by atoms with Crippen LogP contribution in [0.3, 0.4) is 0 Å². The number of amides is 2. The number of fused-ring (bicyclic) bond motifs is 1. The predicted molar refractivity (Wildman–Crippen MR) is 104 cm³/mol. The molecule has 1 fully saturated rings. The number of nitrogens with zero attached hydrogens (tertiary/aromatic N) is 2. The van der Waals surface area contributed by atoms with Crippen molar-refractivity contribution in [3.05, 3.63) is 40.7 Å². The van der Waals surface area contributed by atoms with Crippen molar-refractivity contribution in [3.8, 4) is 0 Å². The Bertz CT molecular complexity index is 865. The molecule has 2 aliphatic heterocycles. The molecule has 1 aromatic heterocycles. The summed E-state index contributed by atoms with van der Waals surface area (Å²) in [5.74, 6) is -0.625. The molecule has 1 atom stereocenters. The molecule has 7 nitrogen and oxygen atoms in total. The van der Waals surface area contributed by atoms with Gasteiger partial charge in [-0.25, -0.2) is 9.37 Å². The largest absolute Gasteiger partial charge is 0.368 e. The fraction of sp³-hybridized carbons (Fsp3) is 0.421. The quantitative estimate of drug-likeness (QED) is 0.800. The normalized spacial score (nSPS) is 19.2. The predicted octanol–water partition coefficient (Wildman–Crippen LogP) is 2.40. The van der Waals surface area contributed by atoms with Crippen LogP contribution in [0.1, 0.15) is 23.4 Å². The third kappa shape index (κ3) is 4.54. The van der Waals surface area contributed by atoms with Crippen molar-refractivity contribution in [2.45, 2.75) is 31.9 Å². The van der Waals surface area contributed by atoms with Crippen LogP contribution in [0.4, 0.5) is 15.2 Å². The maximum Gasteiger partial charge on any atom is 0.255 e. The Hall–Kier alpha value is -2.36. The Morgan fingerprint density at radius 2 is 2.11 bits per heavy atom. The molecule has 148 valence electrons. The van der Waals surface area contributed by atoms with Gasteiger partial charge >= 0.3 is 0 Å². The summed E-state index contributed by atoms with van der Waals surface area (Å²) in [5.41, 5.74) is 1.55. The summed E-state index contributed by atoms with van der Waals surface area (Å²) in [6, 6.07) is 5.70. The lowest BCUT2D eigenvalue weighted by Gasteiger charge is -2.25. The summed E-state index contributed by atoms with van der Waals surface area (Å²) in [5, 5.41) is 6.21. The molecule has 0 radical (unpaired) electrons. The molecule has 0 aliphatic carbocycles. The van der Waals surface area contributed by atoms with Gasteiger partial charge in [0.1, 0.15) is 11.9 Å². The van der Waals surface area contributed by atoms with Crippen LogP contribution in [0.2, 0.25) is 0 Å². The van der Waals surface area contributed by atoms with Gasteiger partial charge in [-0.1, -0.05) is 0 Å². The number of thiazole rings is 1. The summed E-state index contributed by atoms with van der Waals surface area (Å²) in [6.45, 7) is 2.19. The van der Waals surface area contributed by atoms with Gasteiger partial charge in [0.15, 0.2) is 5.13 Å². The highest BCUT2D eigenvalue weighted by atomic mass is 32.1. The van der Waals surface area contributed by atoms with Crippen LogP contribution >= 0.6 is 11.3 Å². The number of hydrogen-bond donors (Lipinski definition) is 2. The van der Waals surface area contributed by atoms with Crippen LogP contribution in [-0.2, 0) is 27.3 Å². The first-order valence-corrected chi connectivity index (χ1v) is 10.1. The van der Waals surface area contributed by atoms with Gasteiger partial charge in [0.05, 0.1) is 12.2 Å². The first kappa shape index (κ1) is 19.0. The van der Waals surface area contributed by atoms with Gasteiger partial charge in [-0.3, -0.25) is 19.8 Å². The zero-order valence-corrected chi connectivity index (χ0v) is 16.1. The van der Waals surface area contributed by atoms with Gasteiger partial charge in [0.2, 0.25) is 5.91 Å².